The summed E-state index contributed by atoms with van der Waals surface area (Å²) < 4.78 is 6.44. The van der Waals surface area contributed by atoms with Crippen LogP contribution in [0.1, 0.15) is 29.6 Å². The Labute approximate surface area is 119 Å². The third-order valence-corrected chi connectivity index (χ3v) is 4.25. The molecule has 6 heteroatoms. The van der Waals surface area contributed by atoms with Crippen molar-refractivity contribution in [2.24, 2.45) is 0 Å². The Bertz CT molecular complexity index is 509. The Morgan fingerprint density at radius 2 is 2.37 bits per heavy atom. The molecule has 1 N–H and O–H groups in total. The molecule has 2 aliphatic rings. The second kappa shape index (κ2) is 5.09. The largest absolute Gasteiger partial charge is 0.478 e. The predicted molar refractivity (Wildman–Crippen MR) is 73.6 cm³/mol. The number of halogens is 1. The maximum Gasteiger partial charge on any atom is 0.339 e. The van der Waals surface area contributed by atoms with Gasteiger partial charge in [-0.05, 0) is 41.3 Å². The summed E-state index contributed by atoms with van der Waals surface area (Å²) in [6, 6.07) is 1.88. The smallest absolute Gasteiger partial charge is 0.339 e. The molecule has 1 aromatic rings. The summed E-state index contributed by atoms with van der Waals surface area (Å²) in [7, 11) is 0. The van der Waals surface area contributed by atoms with Crippen LogP contribution in [0.2, 0.25) is 0 Å². The number of morpholine rings is 1. The monoisotopic (exact) mass is 326 g/mol. The van der Waals surface area contributed by atoms with Gasteiger partial charge in [-0.3, -0.25) is 0 Å². The summed E-state index contributed by atoms with van der Waals surface area (Å²) in [6.07, 6.45) is 5.11. The van der Waals surface area contributed by atoms with E-state index in [1.54, 1.807) is 12.3 Å². The van der Waals surface area contributed by atoms with E-state index in [1.807, 2.05) is 0 Å². The molecule has 2 fully saturated rings. The Kier molecular flexibility index (Phi) is 3.45. The first-order valence-electron chi connectivity index (χ1n) is 6.44. The van der Waals surface area contributed by atoms with Gasteiger partial charge < -0.3 is 14.7 Å². The quantitative estimate of drug-likeness (QED) is 0.903. The third kappa shape index (κ3) is 2.34. The van der Waals surface area contributed by atoms with E-state index >= 15 is 0 Å². The van der Waals surface area contributed by atoms with Gasteiger partial charge in [0.2, 0.25) is 0 Å². The third-order valence-electron chi connectivity index (χ3n) is 3.82. The molecule has 0 amide bonds. The minimum atomic E-state index is -0.940. The second-order valence-corrected chi connectivity index (χ2v) is 5.85. The first kappa shape index (κ1) is 12.9. The van der Waals surface area contributed by atoms with Gasteiger partial charge in [-0.1, -0.05) is 0 Å². The van der Waals surface area contributed by atoms with Crippen LogP contribution in [0.4, 0.5) is 5.82 Å². The van der Waals surface area contributed by atoms with Gasteiger partial charge in [0.25, 0.3) is 0 Å². The van der Waals surface area contributed by atoms with E-state index in [2.05, 4.69) is 25.8 Å². The Morgan fingerprint density at radius 3 is 3.16 bits per heavy atom. The van der Waals surface area contributed by atoms with Gasteiger partial charge in [0.1, 0.15) is 11.4 Å². The van der Waals surface area contributed by atoms with Crippen molar-refractivity contribution in [2.75, 3.05) is 18.1 Å². The maximum atomic E-state index is 11.4. The average Bonchev–Trinajstić information content (AvgIpc) is 2.86. The Hall–Kier alpha value is -1.14. The lowest BCUT2D eigenvalue weighted by atomic mass is 10.1. The van der Waals surface area contributed by atoms with Gasteiger partial charge in [-0.15, -0.1) is 0 Å². The molecule has 1 saturated carbocycles. The molecule has 1 aliphatic heterocycles. The van der Waals surface area contributed by atoms with E-state index in [-0.39, 0.29) is 17.7 Å². The average molecular weight is 327 g/mol. The fourth-order valence-corrected chi connectivity index (χ4v) is 3.34. The molecule has 2 heterocycles. The maximum absolute atomic E-state index is 11.4. The summed E-state index contributed by atoms with van der Waals surface area (Å²) in [5.41, 5.74) is 0.252. The number of carboxylic acid groups (broad SMARTS) is 1. The zero-order chi connectivity index (χ0) is 13.4. The lowest BCUT2D eigenvalue weighted by molar-refractivity contribution is 0.0251. The molecule has 2 atom stereocenters. The predicted octanol–water partition coefficient (Wildman–Crippen LogP) is 2.30. The Morgan fingerprint density at radius 1 is 1.53 bits per heavy atom. The van der Waals surface area contributed by atoms with Gasteiger partial charge in [0, 0.05) is 17.2 Å². The molecule has 1 aromatic heterocycles. The fourth-order valence-electron chi connectivity index (χ4n) is 3.01. The molecule has 19 heavy (non-hydrogen) atoms. The topological polar surface area (TPSA) is 62.7 Å². The number of hydrogen-bond acceptors (Lipinski definition) is 4. The number of aromatic nitrogens is 1. The molecule has 0 radical (unpaired) electrons. The highest BCUT2D eigenvalue weighted by atomic mass is 79.9. The van der Waals surface area contributed by atoms with E-state index in [0.717, 1.165) is 19.3 Å². The van der Waals surface area contributed by atoms with Crippen LogP contribution in [-0.4, -0.2) is 41.4 Å². The zero-order valence-corrected chi connectivity index (χ0v) is 12.0. The molecule has 102 valence electrons. The molecule has 2 unspecified atom stereocenters. The number of rotatable bonds is 2. The summed E-state index contributed by atoms with van der Waals surface area (Å²) >= 11 is 3.28. The second-order valence-electron chi connectivity index (χ2n) is 4.93. The van der Waals surface area contributed by atoms with E-state index in [1.165, 1.54) is 0 Å². The molecule has 1 saturated heterocycles. The van der Waals surface area contributed by atoms with E-state index in [9.17, 15) is 9.90 Å². The first-order chi connectivity index (χ1) is 9.16. The lowest BCUT2D eigenvalue weighted by Gasteiger charge is -2.39. The SMILES string of the molecule is O=C(O)c1cc(Br)cnc1N1CCOC2CCCC21. The van der Waals surface area contributed by atoms with Crippen LogP contribution in [0.25, 0.3) is 0 Å². The number of pyridine rings is 1. The van der Waals surface area contributed by atoms with E-state index < -0.39 is 5.97 Å². The molecule has 5 nitrogen and oxygen atoms in total. The number of fused-ring (bicyclic) bond motifs is 1. The molecular weight excluding hydrogens is 312 g/mol. The lowest BCUT2D eigenvalue weighted by Crippen LogP contribution is -2.49. The van der Waals surface area contributed by atoms with Crippen LogP contribution in [-0.2, 0) is 4.74 Å². The van der Waals surface area contributed by atoms with Crippen LogP contribution >= 0.6 is 15.9 Å². The molecule has 1 aliphatic carbocycles. The molecule has 3 rings (SSSR count). The summed E-state index contributed by atoms with van der Waals surface area (Å²) in [5.74, 6) is -0.374. The summed E-state index contributed by atoms with van der Waals surface area (Å²) in [5, 5.41) is 9.34. The van der Waals surface area contributed by atoms with Crippen molar-refractivity contribution in [3.8, 4) is 0 Å². The van der Waals surface area contributed by atoms with E-state index in [0.29, 0.717) is 23.4 Å². The van der Waals surface area contributed by atoms with Crippen molar-refractivity contribution in [3.63, 3.8) is 0 Å². The van der Waals surface area contributed by atoms with Crippen molar-refractivity contribution in [1.82, 2.24) is 4.98 Å². The normalized spacial score (nSPS) is 26.3. The molecule has 0 bridgehead atoms. The number of carboxylic acids is 1. The highest BCUT2D eigenvalue weighted by molar-refractivity contribution is 9.10. The summed E-state index contributed by atoms with van der Waals surface area (Å²) in [6.45, 7) is 1.34. The van der Waals surface area contributed by atoms with E-state index in [4.69, 9.17) is 4.74 Å². The summed E-state index contributed by atoms with van der Waals surface area (Å²) in [4.78, 5) is 17.8. The zero-order valence-electron chi connectivity index (χ0n) is 10.4. The highest BCUT2D eigenvalue weighted by Gasteiger charge is 2.38. The number of nitrogens with zero attached hydrogens (tertiary/aromatic N) is 2. The number of carbonyl (C=O) groups is 1. The van der Waals surface area contributed by atoms with Crippen LogP contribution < -0.4 is 4.90 Å². The molecule has 0 aromatic carbocycles. The van der Waals surface area contributed by atoms with Crippen molar-refractivity contribution < 1.29 is 14.6 Å². The van der Waals surface area contributed by atoms with Crippen LogP contribution in [0.3, 0.4) is 0 Å². The standard InChI is InChI=1S/C13H15BrN2O3/c14-8-6-9(13(17)18)12(15-7-8)16-4-5-19-11-3-1-2-10(11)16/h6-7,10-11H,1-5H2,(H,17,18). The van der Waals surface area contributed by atoms with Crippen LogP contribution in [0.15, 0.2) is 16.7 Å². The molecular formula is C13H15BrN2O3. The van der Waals surface area contributed by atoms with Crippen molar-refractivity contribution in [1.29, 1.82) is 0 Å². The first-order valence-corrected chi connectivity index (χ1v) is 7.23. The van der Waals surface area contributed by atoms with Crippen molar-refractivity contribution in [3.05, 3.63) is 22.3 Å². The number of ether oxygens (including phenoxy) is 1. The van der Waals surface area contributed by atoms with Crippen molar-refractivity contribution >= 4 is 27.7 Å². The Balaban J connectivity index is 1.98. The highest BCUT2D eigenvalue weighted by Crippen LogP contribution is 2.34. The molecule has 0 spiro atoms. The van der Waals surface area contributed by atoms with Gasteiger partial charge >= 0.3 is 5.97 Å². The van der Waals surface area contributed by atoms with Gasteiger partial charge in [0.05, 0.1) is 18.8 Å². The van der Waals surface area contributed by atoms with Crippen LogP contribution in [0.5, 0.6) is 0 Å². The van der Waals surface area contributed by atoms with Crippen LogP contribution in [0, 0.1) is 0 Å². The van der Waals surface area contributed by atoms with Crippen molar-refractivity contribution in [2.45, 2.75) is 31.4 Å². The van der Waals surface area contributed by atoms with Gasteiger partial charge in [0.15, 0.2) is 0 Å². The van der Waals surface area contributed by atoms with Gasteiger partial charge in [-0.2, -0.15) is 0 Å². The number of anilines is 1. The van der Waals surface area contributed by atoms with Gasteiger partial charge in [-0.25, -0.2) is 9.78 Å². The number of hydrogen-bond donors (Lipinski definition) is 1. The minimum absolute atomic E-state index is 0.223. The fraction of sp³-hybridized carbons (Fsp3) is 0.538. The minimum Gasteiger partial charge on any atom is -0.478 e. The number of aromatic carboxylic acids is 1.